The van der Waals surface area contributed by atoms with Gasteiger partial charge in [0.25, 0.3) is 0 Å². The lowest BCUT2D eigenvalue weighted by molar-refractivity contribution is 0.114. The maximum absolute atomic E-state index is 14.2. The molecule has 1 fully saturated rings. The quantitative estimate of drug-likeness (QED) is 0.375. The molecule has 0 spiro atoms. The summed E-state index contributed by atoms with van der Waals surface area (Å²) in [7, 11) is 0. The van der Waals surface area contributed by atoms with Gasteiger partial charge in [-0.05, 0) is 54.8 Å². The summed E-state index contributed by atoms with van der Waals surface area (Å²) >= 11 is 0. The molecular weight excluding hydrogens is 461 g/mol. The fourth-order valence-corrected chi connectivity index (χ4v) is 4.57. The van der Waals surface area contributed by atoms with E-state index in [1.54, 1.807) is 9.03 Å². The van der Waals surface area contributed by atoms with Crippen LogP contribution in [0.1, 0.15) is 17.5 Å². The predicted octanol–water partition coefficient (Wildman–Crippen LogP) is 3.49. The second-order valence-corrected chi connectivity index (χ2v) is 9.08. The lowest BCUT2D eigenvalue weighted by Crippen LogP contribution is -2.48. The molecule has 0 unspecified atom stereocenters. The zero-order valence-corrected chi connectivity index (χ0v) is 19.8. The van der Waals surface area contributed by atoms with Crippen molar-refractivity contribution in [2.24, 2.45) is 5.73 Å². The summed E-state index contributed by atoms with van der Waals surface area (Å²) < 4.78 is 23.7. The van der Waals surface area contributed by atoms with Crippen LogP contribution in [0.25, 0.3) is 11.2 Å². The van der Waals surface area contributed by atoms with Crippen molar-refractivity contribution in [3.05, 3.63) is 72.6 Å². The number of alkyl halides is 1. The molecule has 5 aromatic rings. The number of rotatable bonds is 6. The Balaban J connectivity index is 1.22. The van der Waals surface area contributed by atoms with Gasteiger partial charge in [-0.2, -0.15) is 10.2 Å². The Morgan fingerprint density at radius 1 is 1.08 bits per heavy atom. The molecule has 6 rings (SSSR count). The molecule has 11 heteroatoms. The second kappa shape index (κ2) is 9.17. The van der Waals surface area contributed by atoms with Crippen molar-refractivity contribution in [2.75, 3.05) is 18.4 Å². The van der Waals surface area contributed by atoms with E-state index in [4.69, 9.17) is 10.5 Å². The minimum absolute atomic E-state index is 0.333. The highest BCUT2D eigenvalue weighted by molar-refractivity contribution is 5.76. The molecule has 4 aromatic heterocycles. The van der Waals surface area contributed by atoms with Gasteiger partial charge in [-0.25, -0.2) is 23.4 Å². The van der Waals surface area contributed by atoms with E-state index < -0.39 is 6.17 Å². The van der Waals surface area contributed by atoms with Gasteiger partial charge in [-0.3, -0.25) is 4.90 Å². The number of hydrogen-bond acceptors (Lipinski definition) is 8. The van der Waals surface area contributed by atoms with Crippen LogP contribution in [-0.4, -0.2) is 59.4 Å². The van der Waals surface area contributed by atoms with Crippen LogP contribution < -0.4 is 15.8 Å². The number of piperidine rings is 1. The molecule has 2 atom stereocenters. The fraction of sp³-hybridized carbons (Fsp3) is 0.280. The molecule has 1 saturated heterocycles. The molecule has 0 aliphatic carbocycles. The number of benzene rings is 1. The molecule has 0 saturated carbocycles. The lowest BCUT2D eigenvalue weighted by atomic mass is 10.0. The van der Waals surface area contributed by atoms with Gasteiger partial charge in [0.05, 0.1) is 0 Å². The third kappa shape index (κ3) is 4.34. The first-order valence-corrected chi connectivity index (χ1v) is 11.8. The Labute approximate surface area is 206 Å². The monoisotopic (exact) mass is 487 g/mol. The van der Waals surface area contributed by atoms with Gasteiger partial charge in [-0.15, -0.1) is 0 Å². The summed E-state index contributed by atoms with van der Waals surface area (Å²) in [5.74, 6) is 2.11. The first-order valence-electron chi connectivity index (χ1n) is 11.8. The SMILES string of the molecule is Cc1cc(Nc2ncnn3ccc(CN4CC[C@H](N)[C@H](F)C4)c23)ccc1Oc1ccn2ncnc2c1. The number of aryl methyl sites for hydroxylation is 1. The van der Waals surface area contributed by atoms with Crippen LogP contribution in [0.15, 0.2) is 61.4 Å². The Morgan fingerprint density at radius 2 is 1.92 bits per heavy atom. The molecule has 0 bridgehead atoms. The molecule has 3 N–H and O–H groups in total. The number of nitrogens with one attached hydrogen (secondary N) is 1. The summed E-state index contributed by atoms with van der Waals surface area (Å²) in [6.07, 6.45) is 6.37. The molecule has 0 amide bonds. The summed E-state index contributed by atoms with van der Waals surface area (Å²) in [6, 6.07) is 11.2. The lowest BCUT2D eigenvalue weighted by Gasteiger charge is -2.32. The first kappa shape index (κ1) is 22.4. The smallest absolute Gasteiger partial charge is 0.158 e. The number of nitrogens with zero attached hydrogens (tertiary/aromatic N) is 7. The average Bonchev–Trinajstić information content (AvgIpc) is 3.50. The van der Waals surface area contributed by atoms with Gasteiger partial charge in [0.1, 0.15) is 35.8 Å². The molecule has 184 valence electrons. The van der Waals surface area contributed by atoms with Crippen LogP contribution in [0.4, 0.5) is 15.9 Å². The van der Waals surface area contributed by atoms with Crippen LogP contribution in [0.5, 0.6) is 11.5 Å². The van der Waals surface area contributed by atoms with Crippen molar-refractivity contribution in [3.63, 3.8) is 0 Å². The number of hydrogen-bond donors (Lipinski definition) is 2. The van der Waals surface area contributed by atoms with E-state index in [1.807, 2.05) is 55.7 Å². The number of halogens is 1. The van der Waals surface area contributed by atoms with Crippen LogP contribution >= 0.6 is 0 Å². The predicted molar refractivity (Wildman–Crippen MR) is 133 cm³/mol. The van der Waals surface area contributed by atoms with E-state index in [-0.39, 0.29) is 6.04 Å². The van der Waals surface area contributed by atoms with Crippen LogP contribution in [-0.2, 0) is 6.54 Å². The molecule has 0 radical (unpaired) electrons. The van der Waals surface area contributed by atoms with Crippen molar-refractivity contribution in [3.8, 4) is 11.5 Å². The van der Waals surface area contributed by atoms with Crippen LogP contribution in [0.3, 0.4) is 0 Å². The number of pyridine rings is 1. The fourth-order valence-electron chi connectivity index (χ4n) is 4.57. The second-order valence-electron chi connectivity index (χ2n) is 9.08. The Hall–Kier alpha value is -4.09. The zero-order valence-electron chi connectivity index (χ0n) is 19.8. The van der Waals surface area contributed by atoms with Gasteiger partial charge < -0.3 is 15.8 Å². The Morgan fingerprint density at radius 3 is 2.78 bits per heavy atom. The van der Waals surface area contributed by atoms with Gasteiger partial charge in [0.15, 0.2) is 11.5 Å². The third-order valence-corrected chi connectivity index (χ3v) is 6.52. The zero-order chi connectivity index (χ0) is 24.6. The maximum atomic E-state index is 14.2. The summed E-state index contributed by atoms with van der Waals surface area (Å²) in [4.78, 5) is 10.8. The molecule has 1 aliphatic rings. The Bertz CT molecular complexity index is 1530. The highest BCUT2D eigenvalue weighted by Gasteiger charge is 2.27. The number of fused-ring (bicyclic) bond motifs is 2. The third-order valence-electron chi connectivity index (χ3n) is 6.52. The van der Waals surface area contributed by atoms with Crippen molar-refractivity contribution >= 4 is 22.7 Å². The van der Waals surface area contributed by atoms with Gasteiger partial charge >= 0.3 is 0 Å². The highest BCUT2D eigenvalue weighted by atomic mass is 19.1. The van der Waals surface area contributed by atoms with E-state index >= 15 is 0 Å². The standard InChI is InChI=1S/C25H26FN9O/c1-16-10-18(2-3-22(16)36-19-5-9-34-23(11-19)28-14-30-34)32-25-24-17(4-8-35(24)31-15-29-25)12-33-7-6-21(27)20(26)13-33/h2-5,8-11,14-15,20-21H,6-7,12-13,27H2,1H3,(H,29,31,32)/t20-,21+/m1/s1. The summed E-state index contributed by atoms with van der Waals surface area (Å²) in [6.45, 7) is 3.69. The number of ether oxygens (including phenoxy) is 1. The maximum Gasteiger partial charge on any atom is 0.158 e. The molecular formula is C25H26FN9O. The van der Waals surface area contributed by atoms with Crippen molar-refractivity contribution in [1.82, 2.24) is 34.1 Å². The van der Waals surface area contributed by atoms with E-state index in [9.17, 15) is 4.39 Å². The van der Waals surface area contributed by atoms with E-state index in [1.165, 1.54) is 12.7 Å². The normalized spacial score (nSPS) is 18.6. The molecule has 1 aromatic carbocycles. The minimum Gasteiger partial charge on any atom is -0.457 e. The number of nitrogens with two attached hydrogens (primary N) is 1. The Kier molecular flexibility index (Phi) is 5.70. The van der Waals surface area contributed by atoms with Gasteiger partial charge in [-0.1, -0.05) is 0 Å². The van der Waals surface area contributed by atoms with Crippen LogP contribution in [0, 0.1) is 6.92 Å². The van der Waals surface area contributed by atoms with Crippen molar-refractivity contribution in [2.45, 2.75) is 32.1 Å². The minimum atomic E-state index is -1.01. The van der Waals surface area contributed by atoms with E-state index in [2.05, 4.69) is 30.4 Å². The molecule has 10 nitrogen and oxygen atoms in total. The highest BCUT2D eigenvalue weighted by Crippen LogP contribution is 2.30. The summed E-state index contributed by atoms with van der Waals surface area (Å²) in [5.41, 5.74) is 10.3. The number of likely N-dealkylation sites (tertiary alicyclic amines) is 1. The number of anilines is 2. The van der Waals surface area contributed by atoms with Gasteiger partial charge in [0.2, 0.25) is 0 Å². The van der Waals surface area contributed by atoms with E-state index in [0.717, 1.165) is 34.6 Å². The number of aromatic nitrogens is 6. The largest absolute Gasteiger partial charge is 0.457 e. The first-order chi connectivity index (χ1) is 17.5. The van der Waals surface area contributed by atoms with Crippen molar-refractivity contribution in [1.29, 1.82) is 0 Å². The van der Waals surface area contributed by atoms with E-state index in [0.29, 0.717) is 36.7 Å². The molecule has 5 heterocycles. The average molecular weight is 488 g/mol. The van der Waals surface area contributed by atoms with Crippen LogP contribution in [0.2, 0.25) is 0 Å². The molecule has 36 heavy (non-hydrogen) atoms. The van der Waals surface area contributed by atoms with Crippen molar-refractivity contribution < 1.29 is 9.13 Å². The molecule has 1 aliphatic heterocycles. The van der Waals surface area contributed by atoms with Gasteiger partial charge in [0, 0.05) is 49.8 Å². The summed E-state index contributed by atoms with van der Waals surface area (Å²) in [5, 5.41) is 11.9. The topological polar surface area (TPSA) is 111 Å².